The Labute approximate surface area is 135 Å². The lowest BCUT2D eigenvalue weighted by Crippen LogP contribution is -2.23. The fraction of sp³-hybridized carbons (Fsp3) is 0.0667. The van der Waals surface area contributed by atoms with E-state index in [9.17, 15) is 16.8 Å². The molecular weight excluding hydrogens is 336 g/mol. The van der Waals surface area contributed by atoms with Gasteiger partial charge in [0.05, 0.1) is 16.3 Å². The lowest BCUT2D eigenvalue weighted by Gasteiger charge is -2.02. The highest BCUT2D eigenvalue weighted by molar-refractivity contribution is 7.89. The maximum absolute atomic E-state index is 11.9. The number of hydrogen-bond acceptors (Lipinski definition) is 4. The monoisotopic (exact) mass is 350 g/mol. The molecule has 0 amide bonds. The van der Waals surface area contributed by atoms with E-state index in [1.807, 2.05) is 0 Å². The summed E-state index contributed by atoms with van der Waals surface area (Å²) in [5.74, 6) is 5.40. The summed E-state index contributed by atoms with van der Waals surface area (Å²) < 4.78 is 48.5. The van der Waals surface area contributed by atoms with Crippen LogP contribution in [0.3, 0.4) is 0 Å². The molecule has 0 fully saturated rings. The summed E-state index contributed by atoms with van der Waals surface area (Å²) in [5.41, 5.74) is 0.552. The van der Waals surface area contributed by atoms with E-state index in [2.05, 4.69) is 16.6 Å². The van der Waals surface area contributed by atoms with Gasteiger partial charge in [0.25, 0.3) is 0 Å². The predicted octanol–water partition coefficient (Wildman–Crippen LogP) is 0.664. The molecule has 0 aliphatic carbocycles. The Morgan fingerprint density at radius 3 is 2.04 bits per heavy atom. The largest absolute Gasteiger partial charge is 0.241 e. The number of primary sulfonamides is 1. The number of hydrogen-bond donors (Lipinski definition) is 2. The Morgan fingerprint density at radius 2 is 1.48 bits per heavy atom. The molecule has 0 aromatic heterocycles. The predicted molar refractivity (Wildman–Crippen MR) is 86.3 cm³/mol. The normalized spacial score (nSPS) is 11.5. The van der Waals surface area contributed by atoms with Crippen molar-refractivity contribution < 1.29 is 16.8 Å². The Bertz CT molecular complexity index is 940. The Morgan fingerprint density at radius 1 is 0.870 bits per heavy atom. The summed E-state index contributed by atoms with van der Waals surface area (Å²) in [5, 5.41) is 4.99. The van der Waals surface area contributed by atoms with E-state index in [0.717, 1.165) is 0 Å². The summed E-state index contributed by atoms with van der Waals surface area (Å²) in [6.45, 7) is -0.0613. The van der Waals surface area contributed by atoms with Crippen LogP contribution in [-0.4, -0.2) is 23.4 Å². The van der Waals surface area contributed by atoms with Gasteiger partial charge >= 0.3 is 0 Å². The first-order valence-corrected chi connectivity index (χ1v) is 9.48. The quantitative estimate of drug-likeness (QED) is 0.790. The zero-order chi connectivity index (χ0) is 16.9. The molecule has 0 atom stereocenters. The number of nitrogens with two attached hydrogens (primary N) is 1. The van der Waals surface area contributed by atoms with Crippen LogP contribution in [-0.2, 0) is 20.0 Å². The van der Waals surface area contributed by atoms with Crippen molar-refractivity contribution >= 4 is 20.0 Å². The third kappa shape index (κ3) is 4.91. The van der Waals surface area contributed by atoms with Crippen LogP contribution in [0, 0.1) is 11.8 Å². The maximum atomic E-state index is 11.9. The molecule has 0 unspecified atom stereocenters. The molecule has 3 N–H and O–H groups in total. The van der Waals surface area contributed by atoms with Crippen molar-refractivity contribution in [3.63, 3.8) is 0 Å². The molecule has 0 bridgehead atoms. The van der Waals surface area contributed by atoms with E-state index in [4.69, 9.17) is 5.14 Å². The lowest BCUT2D eigenvalue weighted by atomic mass is 10.2. The Balaban J connectivity index is 2.01. The summed E-state index contributed by atoms with van der Waals surface area (Å²) in [7, 11) is -7.32. The van der Waals surface area contributed by atoms with E-state index in [1.165, 1.54) is 36.4 Å². The van der Waals surface area contributed by atoms with Crippen LogP contribution >= 0.6 is 0 Å². The van der Waals surface area contributed by atoms with Gasteiger partial charge in [-0.3, -0.25) is 0 Å². The molecule has 23 heavy (non-hydrogen) atoms. The summed E-state index contributed by atoms with van der Waals surface area (Å²) in [4.78, 5) is 0.159. The molecule has 0 saturated heterocycles. The van der Waals surface area contributed by atoms with Crippen LogP contribution in [0.1, 0.15) is 5.56 Å². The number of rotatable bonds is 4. The molecule has 6 nitrogen and oxygen atoms in total. The first-order valence-electron chi connectivity index (χ1n) is 6.45. The van der Waals surface area contributed by atoms with Gasteiger partial charge in [-0.25, -0.2) is 22.0 Å². The summed E-state index contributed by atoms with van der Waals surface area (Å²) in [6, 6.07) is 13.6. The zero-order valence-corrected chi connectivity index (χ0v) is 13.6. The molecule has 2 aromatic rings. The molecule has 0 heterocycles. The van der Waals surface area contributed by atoms with E-state index in [0.29, 0.717) is 5.56 Å². The van der Waals surface area contributed by atoms with Gasteiger partial charge in [-0.1, -0.05) is 30.0 Å². The van der Waals surface area contributed by atoms with Gasteiger partial charge in [0.1, 0.15) is 0 Å². The highest BCUT2D eigenvalue weighted by atomic mass is 32.2. The van der Waals surface area contributed by atoms with Gasteiger partial charge in [0.2, 0.25) is 20.0 Å². The van der Waals surface area contributed by atoms with Crippen molar-refractivity contribution in [1.29, 1.82) is 0 Å². The second-order valence-electron chi connectivity index (χ2n) is 4.51. The highest BCUT2D eigenvalue weighted by Crippen LogP contribution is 2.08. The van der Waals surface area contributed by atoms with Gasteiger partial charge in [-0.2, -0.15) is 4.72 Å². The molecular formula is C15H14N2O4S2. The topological polar surface area (TPSA) is 106 Å². The number of benzene rings is 2. The molecule has 120 valence electrons. The SMILES string of the molecule is NS(=O)(=O)c1ccc(C#CCNS(=O)(=O)c2ccccc2)cc1. The minimum absolute atomic E-state index is 0.00664. The minimum atomic E-state index is -3.73. The summed E-state index contributed by atoms with van der Waals surface area (Å²) >= 11 is 0. The average molecular weight is 350 g/mol. The van der Waals surface area contributed by atoms with Crippen molar-refractivity contribution in [3.8, 4) is 11.8 Å². The van der Waals surface area contributed by atoms with Crippen molar-refractivity contribution in [3.05, 3.63) is 60.2 Å². The first kappa shape index (κ1) is 17.2. The molecule has 0 aliphatic rings. The van der Waals surface area contributed by atoms with E-state index < -0.39 is 20.0 Å². The standard InChI is InChI=1S/C15H14N2O4S2/c16-22(18,19)14-10-8-13(9-11-14)5-4-12-17-23(20,21)15-6-2-1-3-7-15/h1-3,6-11,17H,12H2,(H2,16,18,19). The number of sulfonamides is 2. The van der Waals surface area contributed by atoms with Gasteiger partial charge in [0, 0.05) is 5.56 Å². The van der Waals surface area contributed by atoms with E-state index >= 15 is 0 Å². The van der Waals surface area contributed by atoms with Crippen LogP contribution in [0.25, 0.3) is 0 Å². The highest BCUT2D eigenvalue weighted by Gasteiger charge is 2.11. The third-order valence-electron chi connectivity index (χ3n) is 2.82. The van der Waals surface area contributed by atoms with Crippen LogP contribution in [0.15, 0.2) is 64.4 Å². The van der Waals surface area contributed by atoms with Crippen LogP contribution in [0.2, 0.25) is 0 Å². The van der Waals surface area contributed by atoms with Crippen LogP contribution in [0.4, 0.5) is 0 Å². The lowest BCUT2D eigenvalue weighted by molar-refractivity contribution is 0.586. The summed E-state index contributed by atoms with van der Waals surface area (Å²) in [6.07, 6.45) is 0. The average Bonchev–Trinajstić information content (AvgIpc) is 2.52. The molecule has 8 heteroatoms. The van der Waals surface area contributed by atoms with Gasteiger partial charge < -0.3 is 0 Å². The Kier molecular flexibility index (Phi) is 5.18. The Hall–Kier alpha value is -2.18. The molecule has 2 rings (SSSR count). The van der Waals surface area contributed by atoms with Gasteiger partial charge in [-0.05, 0) is 36.4 Å². The van der Waals surface area contributed by atoms with Gasteiger partial charge in [0.15, 0.2) is 0 Å². The minimum Gasteiger partial charge on any atom is -0.225 e. The van der Waals surface area contributed by atoms with E-state index in [1.54, 1.807) is 18.2 Å². The molecule has 0 radical (unpaired) electrons. The van der Waals surface area contributed by atoms with E-state index in [-0.39, 0.29) is 16.3 Å². The zero-order valence-electron chi connectivity index (χ0n) is 11.9. The molecule has 0 spiro atoms. The van der Waals surface area contributed by atoms with Crippen molar-refractivity contribution in [2.45, 2.75) is 9.79 Å². The number of nitrogens with one attached hydrogen (secondary N) is 1. The molecule has 0 aliphatic heterocycles. The van der Waals surface area contributed by atoms with Crippen LogP contribution in [0.5, 0.6) is 0 Å². The maximum Gasteiger partial charge on any atom is 0.241 e. The molecule has 2 aromatic carbocycles. The second kappa shape index (κ2) is 6.93. The fourth-order valence-corrected chi connectivity index (χ4v) is 3.15. The van der Waals surface area contributed by atoms with Crippen molar-refractivity contribution in [2.24, 2.45) is 5.14 Å². The van der Waals surface area contributed by atoms with Crippen molar-refractivity contribution in [1.82, 2.24) is 4.72 Å². The molecule has 0 saturated carbocycles. The van der Waals surface area contributed by atoms with Gasteiger partial charge in [-0.15, -0.1) is 0 Å². The first-order chi connectivity index (χ1) is 10.8. The van der Waals surface area contributed by atoms with Crippen molar-refractivity contribution in [2.75, 3.05) is 6.54 Å². The van der Waals surface area contributed by atoms with Crippen LogP contribution < -0.4 is 9.86 Å². The second-order valence-corrected chi connectivity index (χ2v) is 7.84. The smallest absolute Gasteiger partial charge is 0.225 e. The third-order valence-corrected chi connectivity index (χ3v) is 5.17. The fourth-order valence-electron chi connectivity index (χ4n) is 1.69.